The Hall–Kier alpha value is -3.16. The molecule has 3 heterocycles. The van der Waals surface area contributed by atoms with Gasteiger partial charge in [-0.2, -0.15) is 5.10 Å². The predicted molar refractivity (Wildman–Crippen MR) is 147 cm³/mol. The molecule has 1 aliphatic carbocycles. The van der Waals surface area contributed by atoms with Gasteiger partial charge in [0.25, 0.3) is 11.8 Å². The lowest BCUT2D eigenvalue weighted by Crippen LogP contribution is -2.43. The molecule has 204 valence electrons. The van der Waals surface area contributed by atoms with Gasteiger partial charge in [-0.25, -0.2) is 0 Å². The molecule has 8 heteroatoms. The number of aryl methyl sites for hydroxylation is 2. The van der Waals surface area contributed by atoms with E-state index < -0.39 is 0 Å². The standard InChI is InChI=1S/C30H41N5O3/c1-19-26(20(2)32-31-19)21(3)33(4)28(36)22-15-17-34(18-16-22)25-14-10-13-24-27(25)30(38)35(29(24)37)23-11-8-6-5-7-9-12-23/h10,13-14,21-23H,5-9,11-12,15-18H2,1-4H3,(H,31,32)/t21-/m0/s1. The lowest BCUT2D eigenvalue weighted by Gasteiger charge is -2.36. The SMILES string of the molecule is Cc1n[nH]c(C)c1[C@H](C)N(C)C(=O)C1CCN(c2cccc3c2C(=O)N(C2CCCCCCC2)C3=O)CC1. The molecular weight excluding hydrogens is 478 g/mol. The number of amides is 3. The number of nitrogens with one attached hydrogen (secondary N) is 1. The number of hydrogen-bond donors (Lipinski definition) is 1. The molecule has 1 N–H and O–H groups in total. The fraction of sp³-hybridized carbons (Fsp3) is 0.600. The van der Waals surface area contributed by atoms with Crippen molar-refractivity contribution in [2.24, 2.45) is 5.92 Å². The van der Waals surface area contributed by atoms with Crippen LogP contribution < -0.4 is 4.90 Å². The molecule has 1 saturated heterocycles. The number of H-pyrrole nitrogens is 1. The lowest BCUT2D eigenvalue weighted by molar-refractivity contribution is -0.136. The Morgan fingerprint density at radius 2 is 1.66 bits per heavy atom. The summed E-state index contributed by atoms with van der Waals surface area (Å²) in [5, 5.41) is 7.32. The molecule has 0 unspecified atom stereocenters. The van der Waals surface area contributed by atoms with Gasteiger partial charge in [0.15, 0.2) is 0 Å². The van der Waals surface area contributed by atoms with Crippen LogP contribution in [-0.4, -0.2) is 63.9 Å². The molecule has 0 spiro atoms. The highest BCUT2D eigenvalue weighted by atomic mass is 16.2. The molecule has 2 aromatic rings. The van der Waals surface area contributed by atoms with Crippen molar-refractivity contribution < 1.29 is 14.4 Å². The third kappa shape index (κ3) is 4.74. The van der Waals surface area contributed by atoms with Gasteiger partial charge in [0.1, 0.15) is 0 Å². The van der Waals surface area contributed by atoms with Gasteiger partial charge < -0.3 is 9.80 Å². The number of carbonyl (C=O) groups is 3. The van der Waals surface area contributed by atoms with Crippen LogP contribution in [0, 0.1) is 19.8 Å². The minimum atomic E-state index is -0.136. The molecule has 1 aromatic heterocycles. The summed E-state index contributed by atoms with van der Waals surface area (Å²) in [5.74, 6) is -0.185. The first kappa shape index (κ1) is 26.4. The number of aromatic nitrogens is 2. The average molecular weight is 520 g/mol. The van der Waals surface area contributed by atoms with Crippen LogP contribution in [0.1, 0.15) is 108 Å². The van der Waals surface area contributed by atoms with Crippen LogP contribution in [0.5, 0.6) is 0 Å². The van der Waals surface area contributed by atoms with Crippen molar-refractivity contribution in [3.05, 3.63) is 46.3 Å². The Morgan fingerprint density at radius 3 is 2.29 bits per heavy atom. The normalized spacial score (nSPS) is 20.3. The van der Waals surface area contributed by atoms with E-state index in [1.807, 2.05) is 37.9 Å². The molecule has 3 amide bonds. The summed E-state index contributed by atoms with van der Waals surface area (Å²) in [7, 11) is 1.88. The first-order valence-electron chi connectivity index (χ1n) is 14.3. The number of piperidine rings is 1. The van der Waals surface area contributed by atoms with Crippen molar-refractivity contribution in [1.29, 1.82) is 0 Å². The Kier molecular flexibility index (Phi) is 7.59. The number of nitrogens with zero attached hydrogens (tertiary/aromatic N) is 4. The smallest absolute Gasteiger partial charge is 0.263 e. The monoisotopic (exact) mass is 519 g/mol. The quantitative estimate of drug-likeness (QED) is 0.551. The molecule has 1 aromatic carbocycles. The van der Waals surface area contributed by atoms with Crippen LogP contribution in [0.15, 0.2) is 18.2 Å². The maximum atomic E-state index is 13.7. The molecular formula is C30H41N5O3. The van der Waals surface area contributed by atoms with Gasteiger partial charge in [-0.1, -0.05) is 38.2 Å². The van der Waals surface area contributed by atoms with E-state index >= 15 is 0 Å². The van der Waals surface area contributed by atoms with Crippen LogP contribution in [-0.2, 0) is 4.79 Å². The van der Waals surface area contributed by atoms with E-state index in [0.29, 0.717) is 24.2 Å². The van der Waals surface area contributed by atoms with Gasteiger partial charge >= 0.3 is 0 Å². The molecule has 2 fully saturated rings. The number of anilines is 1. The van der Waals surface area contributed by atoms with E-state index in [0.717, 1.165) is 61.2 Å². The molecule has 8 nitrogen and oxygen atoms in total. The molecule has 5 rings (SSSR count). The fourth-order valence-electron chi connectivity index (χ4n) is 6.79. The van der Waals surface area contributed by atoms with Crippen LogP contribution >= 0.6 is 0 Å². The highest BCUT2D eigenvalue weighted by molar-refractivity contribution is 6.24. The first-order valence-corrected chi connectivity index (χ1v) is 14.3. The molecule has 2 aliphatic heterocycles. The van der Waals surface area contributed by atoms with Gasteiger partial charge in [-0.15, -0.1) is 0 Å². The predicted octanol–water partition coefficient (Wildman–Crippen LogP) is 5.17. The molecule has 38 heavy (non-hydrogen) atoms. The van der Waals surface area contributed by atoms with Crippen LogP contribution in [0.3, 0.4) is 0 Å². The Balaban J connectivity index is 1.28. The maximum Gasteiger partial charge on any atom is 0.263 e. The average Bonchev–Trinajstić information content (AvgIpc) is 3.37. The van der Waals surface area contributed by atoms with Crippen molar-refractivity contribution in [3.63, 3.8) is 0 Å². The van der Waals surface area contributed by atoms with Crippen molar-refractivity contribution in [2.75, 3.05) is 25.0 Å². The number of imide groups is 1. The largest absolute Gasteiger partial charge is 0.371 e. The number of aromatic amines is 1. The van der Waals surface area contributed by atoms with Gasteiger partial charge in [-0.3, -0.25) is 24.4 Å². The zero-order chi connectivity index (χ0) is 27.0. The van der Waals surface area contributed by atoms with Crippen molar-refractivity contribution in [1.82, 2.24) is 20.0 Å². The van der Waals surface area contributed by atoms with Crippen molar-refractivity contribution in [2.45, 2.75) is 90.6 Å². The molecule has 0 radical (unpaired) electrons. The zero-order valence-corrected chi connectivity index (χ0v) is 23.3. The molecule has 3 aliphatic rings. The van der Waals surface area contributed by atoms with Gasteiger partial charge in [0.2, 0.25) is 5.91 Å². The van der Waals surface area contributed by atoms with Crippen LogP contribution in [0.25, 0.3) is 0 Å². The summed E-state index contributed by atoms with van der Waals surface area (Å²) in [6, 6.07) is 5.60. The Morgan fingerprint density at radius 1 is 1.00 bits per heavy atom. The van der Waals surface area contributed by atoms with E-state index in [1.54, 1.807) is 11.0 Å². The topological polar surface area (TPSA) is 89.6 Å². The summed E-state index contributed by atoms with van der Waals surface area (Å²) >= 11 is 0. The summed E-state index contributed by atoms with van der Waals surface area (Å²) < 4.78 is 0. The lowest BCUT2D eigenvalue weighted by atomic mass is 9.93. The highest BCUT2D eigenvalue weighted by Crippen LogP contribution is 2.37. The van der Waals surface area contributed by atoms with E-state index in [9.17, 15) is 14.4 Å². The number of rotatable bonds is 5. The summed E-state index contributed by atoms with van der Waals surface area (Å²) in [6.07, 6.45) is 8.97. The molecule has 1 atom stereocenters. The van der Waals surface area contributed by atoms with E-state index in [2.05, 4.69) is 22.0 Å². The number of hydrogen-bond acceptors (Lipinski definition) is 5. The third-order valence-electron chi connectivity index (χ3n) is 9.08. The number of carbonyl (C=O) groups excluding carboxylic acids is 3. The van der Waals surface area contributed by atoms with Crippen LogP contribution in [0.4, 0.5) is 5.69 Å². The minimum absolute atomic E-state index is 0.000986. The maximum absolute atomic E-state index is 13.7. The number of benzene rings is 1. The summed E-state index contributed by atoms with van der Waals surface area (Å²) in [4.78, 5) is 46.1. The van der Waals surface area contributed by atoms with Gasteiger partial charge in [0.05, 0.1) is 28.6 Å². The van der Waals surface area contributed by atoms with E-state index in [1.165, 1.54) is 19.3 Å². The zero-order valence-electron chi connectivity index (χ0n) is 23.3. The second-order valence-corrected chi connectivity index (χ2v) is 11.4. The fourth-order valence-corrected chi connectivity index (χ4v) is 6.79. The minimum Gasteiger partial charge on any atom is -0.371 e. The Labute approximate surface area is 225 Å². The second kappa shape index (κ2) is 10.9. The molecule has 1 saturated carbocycles. The van der Waals surface area contributed by atoms with Crippen molar-refractivity contribution in [3.8, 4) is 0 Å². The second-order valence-electron chi connectivity index (χ2n) is 11.4. The van der Waals surface area contributed by atoms with Crippen LogP contribution in [0.2, 0.25) is 0 Å². The van der Waals surface area contributed by atoms with Gasteiger partial charge in [0, 0.05) is 43.4 Å². The van der Waals surface area contributed by atoms with Crippen molar-refractivity contribution >= 4 is 23.4 Å². The first-order chi connectivity index (χ1) is 18.3. The molecule has 0 bridgehead atoms. The van der Waals surface area contributed by atoms with E-state index in [-0.39, 0.29) is 35.7 Å². The van der Waals surface area contributed by atoms with E-state index in [4.69, 9.17) is 0 Å². The summed E-state index contributed by atoms with van der Waals surface area (Å²) in [5.41, 5.74) is 4.93. The van der Waals surface area contributed by atoms with Gasteiger partial charge in [-0.05, 0) is 58.6 Å². The number of fused-ring (bicyclic) bond motifs is 1. The summed E-state index contributed by atoms with van der Waals surface area (Å²) in [6.45, 7) is 7.38. The Bertz CT molecular complexity index is 1180. The highest BCUT2D eigenvalue weighted by Gasteiger charge is 2.42. The third-order valence-corrected chi connectivity index (χ3v) is 9.08.